The van der Waals surface area contributed by atoms with Crippen LogP contribution in [-0.2, 0) is 23.1 Å². The molecule has 32 heavy (non-hydrogen) atoms. The van der Waals surface area contributed by atoms with Gasteiger partial charge in [0.05, 0.1) is 4.90 Å². The molecular weight excluding hydrogens is 424 g/mol. The molecule has 1 aliphatic heterocycles. The van der Waals surface area contributed by atoms with Crippen molar-refractivity contribution >= 4 is 15.9 Å². The van der Waals surface area contributed by atoms with Gasteiger partial charge >= 0.3 is 0 Å². The summed E-state index contributed by atoms with van der Waals surface area (Å²) >= 11 is 0. The zero-order chi connectivity index (χ0) is 22.4. The van der Waals surface area contributed by atoms with Crippen molar-refractivity contribution in [1.82, 2.24) is 19.5 Å². The van der Waals surface area contributed by atoms with Crippen molar-refractivity contribution < 1.29 is 13.2 Å². The first-order valence-corrected chi connectivity index (χ1v) is 12.0. The van der Waals surface area contributed by atoms with Crippen LogP contribution in [0.15, 0.2) is 84.0 Å². The second-order valence-corrected chi connectivity index (χ2v) is 9.68. The number of carbonyl (C=O) groups is 1. The van der Waals surface area contributed by atoms with E-state index in [4.69, 9.17) is 0 Å². The Hall–Kier alpha value is -3.07. The van der Waals surface area contributed by atoms with Gasteiger partial charge in [0.15, 0.2) is 0 Å². The third-order valence-corrected chi connectivity index (χ3v) is 7.38. The van der Waals surface area contributed by atoms with Crippen LogP contribution >= 0.6 is 0 Å². The largest absolute Gasteiger partial charge is 0.348 e. The van der Waals surface area contributed by atoms with Gasteiger partial charge in [-0.15, -0.1) is 0 Å². The molecule has 0 bridgehead atoms. The van der Waals surface area contributed by atoms with Gasteiger partial charge in [0.25, 0.3) is 5.91 Å². The maximum Gasteiger partial charge on any atom is 0.251 e. The minimum Gasteiger partial charge on any atom is -0.348 e. The number of hydrogen-bond donors (Lipinski definition) is 1. The Bertz CT molecular complexity index is 1150. The molecule has 8 heteroatoms. The Balaban J connectivity index is 1.38. The number of sulfonamides is 1. The van der Waals surface area contributed by atoms with Crippen LogP contribution in [0.25, 0.3) is 0 Å². The fourth-order valence-electron chi connectivity index (χ4n) is 3.70. The van der Waals surface area contributed by atoms with Gasteiger partial charge < -0.3 is 5.32 Å². The lowest BCUT2D eigenvalue weighted by Gasteiger charge is -2.34. The van der Waals surface area contributed by atoms with E-state index in [1.165, 1.54) is 15.9 Å². The number of amides is 1. The predicted molar refractivity (Wildman–Crippen MR) is 122 cm³/mol. The van der Waals surface area contributed by atoms with Gasteiger partial charge in [-0.05, 0) is 35.4 Å². The number of rotatable bonds is 7. The Labute approximate surface area is 188 Å². The van der Waals surface area contributed by atoms with Crippen molar-refractivity contribution in [1.29, 1.82) is 0 Å². The molecule has 1 aromatic heterocycles. The van der Waals surface area contributed by atoms with Gasteiger partial charge in [-0.1, -0.05) is 42.5 Å². The molecule has 1 fully saturated rings. The van der Waals surface area contributed by atoms with Crippen LogP contribution in [0.4, 0.5) is 0 Å². The standard InChI is InChI=1S/C24H26N4O3S/c29-24(26-18-21-8-5-11-25-17-21)22-9-4-10-23(16-22)32(30,31)28-14-12-27(13-15-28)19-20-6-2-1-3-7-20/h1-11,16-17H,12-15,18-19H2,(H,26,29). The van der Waals surface area contributed by atoms with Crippen molar-refractivity contribution in [2.45, 2.75) is 18.0 Å². The molecular formula is C24H26N4O3S. The number of piperazine rings is 1. The molecule has 0 spiro atoms. The minimum atomic E-state index is -3.66. The second-order valence-electron chi connectivity index (χ2n) is 7.74. The summed E-state index contributed by atoms with van der Waals surface area (Å²) in [4.78, 5) is 19.0. The van der Waals surface area contributed by atoms with Crippen LogP contribution in [0.3, 0.4) is 0 Å². The summed E-state index contributed by atoms with van der Waals surface area (Å²) < 4.78 is 27.8. The zero-order valence-corrected chi connectivity index (χ0v) is 18.5. The number of carbonyl (C=O) groups excluding carboxylic acids is 1. The Morgan fingerprint density at radius 2 is 1.66 bits per heavy atom. The highest BCUT2D eigenvalue weighted by Crippen LogP contribution is 2.20. The van der Waals surface area contributed by atoms with Gasteiger partial charge in [0.1, 0.15) is 0 Å². The highest BCUT2D eigenvalue weighted by Gasteiger charge is 2.29. The number of hydrogen-bond acceptors (Lipinski definition) is 5. The molecule has 4 rings (SSSR count). The molecule has 0 atom stereocenters. The van der Waals surface area contributed by atoms with Crippen molar-refractivity contribution in [3.05, 3.63) is 95.8 Å². The molecule has 0 unspecified atom stereocenters. The fourth-order valence-corrected chi connectivity index (χ4v) is 5.17. The van der Waals surface area contributed by atoms with E-state index in [1.807, 2.05) is 24.3 Å². The molecule has 1 aliphatic rings. The molecule has 0 saturated carbocycles. The summed E-state index contributed by atoms with van der Waals surface area (Å²) in [6, 6.07) is 20.1. The molecule has 2 heterocycles. The number of benzene rings is 2. The lowest BCUT2D eigenvalue weighted by molar-refractivity contribution is 0.0950. The maximum atomic E-state index is 13.2. The molecule has 0 aliphatic carbocycles. The molecule has 1 N–H and O–H groups in total. The topological polar surface area (TPSA) is 82.6 Å². The normalized spacial score (nSPS) is 15.4. The lowest BCUT2D eigenvalue weighted by atomic mass is 10.2. The summed E-state index contributed by atoms with van der Waals surface area (Å²) in [5, 5.41) is 2.81. The Kier molecular flexibility index (Phi) is 6.94. The molecule has 0 radical (unpaired) electrons. The third kappa shape index (κ3) is 5.40. The van der Waals surface area contributed by atoms with Crippen molar-refractivity contribution in [2.24, 2.45) is 0 Å². The number of pyridine rings is 1. The SMILES string of the molecule is O=C(NCc1cccnc1)c1cccc(S(=O)(=O)N2CCN(Cc3ccccc3)CC2)c1. The molecule has 3 aromatic rings. The lowest BCUT2D eigenvalue weighted by Crippen LogP contribution is -2.48. The highest BCUT2D eigenvalue weighted by molar-refractivity contribution is 7.89. The summed E-state index contributed by atoms with van der Waals surface area (Å²) in [6.07, 6.45) is 3.35. The zero-order valence-electron chi connectivity index (χ0n) is 17.7. The smallest absolute Gasteiger partial charge is 0.251 e. The summed E-state index contributed by atoms with van der Waals surface area (Å²) in [5.41, 5.74) is 2.41. The molecule has 2 aromatic carbocycles. The van der Waals surface area contributed by atoms with Crippen LogP contribution in [0.5, 0.6) is 0 Å². The highest BCUT2D eigenvalue weighted by atomic mass is 32.2. The number of nitrogens with one attached hydrogen (secondary N) is 1. The van der Waals surface area contributed by atoms with Gasteiger partial charge in [-0.3, -0.25) is 14.7 Å². The molecule has 1 amide bonds. The van der Waals surface area contributed by atoms with E-state index < -0.39 is 10.0 Å². The van der Waals surface area contributed by atoms with E-state index >= 15 is 0 Å². The monoisotopic (exact) mass is 450 g/mol. The fraction of sp³-hybridized carbons (Fsp3) is 0.250. The average molecular weight is 451 g/mol. The molecule has 7 nitrogen and oxygen atoms in total. The van der Waals surface area contributed by atoms with Gasteiger partial charge in [-0.2, -0.15) is 4.31 Å². The van der Waals surface area contributed by atoms with Crippen LogP contribution in [-0.4, -0.2) is 54.7 Å². The van der Waals surface area contributed by atoms with Gasteiger partial charge in [0, 0.05) is 57.2 Å². The molecule has 1 saturated heterocycles. The van der Waals surface area contributed by atoms with Crippen molar-refractivity contribution in [3.8, 4) is 0 Å². The van der Waals surface area contributed by atoms with Crippen molar-refractivity contribution in [2.75, 3.05) is 26.2 Å². The third-order valence-electron chi connectivity index (χ3n) is 5.49. The van der Waals surface area contributed by atoms with E-state index in [0.29, 0.717) is 38.3 Å². The first-order valence-electron chi connectivity index (χ1n) is 10.6. The second kappa shape index (κ2) is 10.0. The number of aromatic nitrogens is 1. The van der Waals surface area contributed by atoms with Gasteiger partial charge in [0.2, 0.25) is 10.0 Å². The Morgan fingerprint density at radius 3 is 2.38 bits per heavy atom. The van der Waals surface area contributed by atoms with E-state index in [1.54, 1.807) is 36.7 Å². The minimum absolute atomic E-state index is 0.142. The predicted octanol–water partition coefficient (Wildman–Crippen LogP) is 2.52. The Morgan fingerprint density at radius 1 is 0.906 bits per heavy atom. The first-order chi connectivity index (χ1) is 15.5. The van der Waals surface area contributed by atoms with Crippen LogP contribution < -0.4 is 5.32 Å². The quantitative estimate of drug-likeness (QED) is 0.598. The van der Waals surface area contributed by atoms with Gasteiger partial charge in [-0.25, -0.2) is 8.42 Å². The van der Waals surface area contributed by atoms with E-state index in [0.717, 1.165) is 12.1 Å². The maximum absolute atomic E-state index is 13.2. The van der Waals surface area contributed by atoms with E-state index in [2.05, 4.69) is 27.3 Å². The van der Waals surface area contributed by atoms with E-state index in [9.17, 15) is 13.2 Å². The molecule has 166 valence electrons. The first kappa shape index (κ1) is 22.1. The summed E-state index contributed by atoms with van der Waals surface area (Å²) in [5.74, 6) is -0.321. The van der Waals surface area contributed by atoms with Crippen LogP contribution in [0, 0.1) is 0 Å². The van der Waals surface area contributed by atoms with Crippen LogP contribution in [0.2, 0.25) is 0 Å². The van der Waals surface area contributed by atoms with Crippen LogP contribution in [0.1, 0.15) is 21.5 Å². The summed E-state index contributed by atoms with van der Waals surface area (Å²) in [7, 11) is -3.66. The number of nitrogens with zero attached hydrogens (tertiary/aromatic N) is 3. The summed E-state index contributed by atoms with van der Waals surface area (Å²) in [6.45, 7) is 3.31. The van der Waals surface area contributed by atoms with Crippen molar-refractivity contribution in [3.63, 3.8) is 0 Å². The average Bonchev–Trinajstić information content (AvgIpc) is 2.84. The van der Waals surface area contributed by atoms with E-state index in [-0.39, 0.29) is 10.8 Å².